The van der Waals surface area contributed by atoms with E-state index in [1.807, 2.05) is 6.07 Å². The molecule has 1 atom stereocenters. The van der Waals surface area contributed by atoms with Gasteiger partial charge in [0, 0.05) is 37.3 Å². The van der Waals surface area contributed by atoms with Crippen molar-refractivity contribution in [1.82, 2.24) is 20.4 Å². The van der Waals surface area contributed by atoms with Gasteiger partial charge in [0.2, 0.25) is 17.6 Å². The molecule has 2 aromatic heterocycles. The third-order valence-corrected chi connectivity index (χ3v) is 4.41. The molecule has 128 valence electrons. The lowest BCUT2D eigenvalue weighted by atomic mass is 10.0. The molecule has 2 N–H and O–H groups in total. The standard InChI is InChI=1S/C17H22N4O3/c22-14(12-4-1-2-5-12)11-19-15(23)7-8-16-20-17(21-24-16)13-6-3-9-18-10-13/h3,6,9-10,12,14,22H,1-2,4-5,7-8,11H2,(H,19,23). The first kappa shape index (κ1) is 16.6. The predicted molar refractivity (Wildman–Crippen MR) is 86.8 cm³/mol. The normalized spacial score (nSPS) is 16.2. The van der Waals surface area contributed by atoms with Crippen LogP contribution in [-0.4, -0.2) is 38.8 Å². The van der Waals surface area contributed by atoms with Crippen molar-refractivity contribution in [2.75, 3.05) is 6.54 Å². The highest BCUT2D eigenvalue weighted by Gasteiger charge is 2.23. The van der Waals surface area contributed by atoms with E-state index in [1.54, 1.807) is 18.5 Å². The summed E-state index contributed by atoms with van der Waals surface area (Å²) in [4.78, 5) is 20.2. The number of carbonyl (C=O) groups is 1. The average Bonchev–Trinajstić information content (AvgIpc) is 3.30. The highest BCUT2D eigenvalue weighted by molar-refractivity contribution is 5.76. The van der Waals surface area contributed by atoms with Crippen LogP contribution in [0.5, 0.6) is 0 Å². The molecule has 1 aliphatic rings. The lowest BCUT2D eigenvalue weighted by Gasteiger charge is -2.17. The van der Waals surface area contributed by atoms with E-state index in [0.717, 1.165) is 18.4 Å². The summed E-state index contributed by atoms with van der Waals surface area (Å²) in [6, 6.07) is 3.65. The molecule has 24 heavy (non-hydrogen) atoms. The van der Waals surface area contributed by atoms with Crippen LogP contribution in [0.3, 0.4) is 0 Å². The summed E-state index contributed by atoms with van der Waals surface area (Å²) in [7, 11) is 0. The number of nitrogens with one attached hydrogen (secondary N) is 1. The Morgan fingerprint density at radius 3 is 3.00 bits per heavy atom. The number of hydrogen-bond donors (Lipinski definition) is 2. The van der Waals surface area contributed by atoms with Crippen molar-refractivity contribution in [2.45, 2.75) is 44.6 Å². The van der Waals surface area contributed by atoms with E-state index in [4.69, 9.17) is 4.52 Å². The van der Waals surface area contributed by atoms with Crippen molar-refractivity contribution >= 4 is 5.91 Å². The highest BCUT2D eigenvalue weighted by Crippen LogP contribution is 2.27. The van der Waals surface area contributed by atoms with Gasteiger partial charge >= 0.3 is 0 Å². The Kier molecular flexibility index (Phi) is 5.53. The molecule has 7 heteroatoms. The van der Waals surface area contributed by atoms with E-state index in [1.165, 1.54) is 12.8 Å². The van der Waals surface area contributed by atoms with Gasteiger partial charge in [0.05, 0.1) is 6.10 Å². The van der Waals surface area contributed by atoms with Crippen molar-refractivity contribution in [2.24, 2.45) is 5.92 Å². The summed E-state index contributed by atoms with van der Waals surface area (Å²) in [5.74, 6) is 1.09. The maximum atomic E-state index is 11.9. The molecule has 2 aromatic rings. The average molecular weight is 330 g/mol. The monoisotopic (exact) mass is 330 g/mol. The van der Waals surface area contributed by atoms with Gasteiger partial charge < -0.3 is 14.9 Å². The number of rotatable bonds is 7. The van der Waals surface area contributed by atoms with E-state index < -0.39 is 6.10 Å². The molecule has 2 heterocycles. The molecule has 7 nitrogen and oxygen atoms in total. The molecular weight excluding hydrogens is 308 g/mol. The Morgan fingerprint density at radius 1 is 1.42 bits per heavy atom. The van der Waals surface area contributed by atoms with Crippen LogP contribution in [0.15, 0.2) is 29.0 Å². The van der Waals surface area contributed by atoms with Crippen molar-refractivity contribution < 1.29 is 14.4 Å². The van der Waals surface area contributed by atoms with Gasteiger partial charge in [0.15, 0.2) is 0 Å². The van der Waals surface area contributed by atoms with E-state index >= 15 is 0 Å². The number of hydrogen-bond acceptors (Lipinski definition) is 6. The van der Waals surface area contributed by atoms with Gasteiger partial charge in [0.1, 0.15) is 0 Å². The van der Waals surface area contributed by atoms with Crippen LogP contribution in [-0.2, 0) is 11.2 Å². The minimum Gasteiger partial charge on any atom is -0.391 e. The Bertz CT molecular complexity index is 653. The highest BCUT2D eigenvalue weighted by atomic mass is 16.5. The lowest BCUT2D eigenvalue weighted by Crippen LogP contribution is -2.35. The number of carbonyl (C=O) groups excluding carboxylic acids is 1. The molecule has 0 saturated heterocycles. The number of amides is 1. The quantitative estimate of drug-likeness (QED) is 0.802. The number of aliphatic hydroxyl groups is 1. The largest absolute Gasteiger partial charge is 0.391 e. The molecule has 1 unspecified atom stereocenters. The smallest absolute Gasteiger partial charge is 0.227 e. The minimum absolute atomic E-state index is 0.117. The fourth-order valence-electron chi connectivity index (χ4n) is 3.00. The predicted octanol–water partition coefficient (Wildman–Crippen LogP) is 1.73. The van der Waals surface area contributed by atoms with E-state index in [0.29, 0.717) is 30.6 Å². The van der Waals surface area contributed by atoms with Crippen molar-refractivity contribution in [3.63, 3.8) is 0 Å². The van der Waals surface area contributed by atoms with Gasteiger partial charge in [-0.05, 0) is 30.9 Å². The molecule has 1 saturated carbocycles. The van der Waals surface area contributed by atoms with Gasteiger partial charge in [0.25, 0.3) is 0 Å². The van der Waals surface area contributed by atoms with Gasteiger partial charge in [-0.25, -0.2) is 0 Å². The van der Waals surface area contributed by atoms with Crippen molar-refractivity contribution in [3.05, 3.63) is 30.4 Å². The second-order valence-electron chi connectivity index (χ2n) is 6.17. The second-order valence-corrected chi connectivity index (χ2v) is 6.17. The topological polar surface area (TPSA) is 101 Å². The first-order valence-corrected chi connectivity index (χ1v) is 8.40. The van der Waals surface area contributed by atoms with E-state index in [-0.39, 0.29) is 12.3 Å². The fourth-order valence-corrected chi connectivity index (χ4v) is 3.00. The Labute approximate surface area is 140 Å². The van der Waals surface area contributed by atoms with Gasteiger partial charge in [-0.1, -0.05) is 18.0 Å². The number of aliphatic hydroxyl groups excluding tert-OH is 1. The summed E-state index contributed by atoms with van der Waals surface area (Å²) >= 11 is 0. The van der Waals surface area contributed by atoms with Crippen LogP contribution >= 0.6 is 0 Å². The fraction of sp³-hybridized carbons (Fsp3) is 0.529. The van der Waals surface area contributed by atoms with Crippen LogP contribution in [0.4, 0.5) is 0 Å². The van der Waals surface area contributed by atoms with Crippen LogP contribution in [0.25, 0.3) is 11.4 Å². The van der Waals surface area contributed by atoms with Gasteiger partial charge in [-0.3, -0.25) is 9.78 Å². The summed E-state index contributed by atoms with van der Waals surface area (Å²) in [6.45, 7) is 0.314. The third-order valence-electron chi connectivity index (χ3n) is 4.41. The minimum atomic E-state index is -0.447. The molecule has 0 bridgehead atoms. The molecule has 0 spiro atoms. The zero-order chi connectivity index (χ0) is 16.8. The summed E-state index contributed by atoms with van der Waals surface area (Å²) in [6.07, 6.45) is 7.97. The second kappa shape index (κ2) is 8.01. The van der Waals surface area contributed by atoms with E-state index in [9.17, 15) is 9.90 Å². The molecule has 3 rings (SSSR count). The maximum Gasteiger partial charge on any atom is 0.227 e. The SMILES string of the molecule is O=C(CCc1nc(-c2cccnc2)no1)NCC(O)C1CCCC1. The van der Waals surface area contributed by atoms with Crippen molar-refractivity contribution in [1.29, 1.82) is 0 Å². The molecule has 0 aromatic carbocycles. The maximum absolute atomic E-state index is 11.9. The zero-order valence-corrected chi connectivity index (χ0v) is 13.5. The molecular formula is C17H22N4O3. The summed E-state index contributed by atoms with van der Waals surface area (Å²) in [5, 5.41) is 16.7. The lowest BCUT2D eigenvalue weighted by molar-refractivity contribution is -0.121. The van der Waals surface area contributed by atoms with Gasteiger partial charge in [-0.15, -0.1) is 0 Å². The van der Waals surface area contributed by atoms with Crippen molar-refractivity contribution in [3.8, 4) is 11.4 Å². The van der Waals surface area contributed by atoms with Crippen LogP contribution in [0.1, 0.15) is 38.0 Å². The molecule has 0 radical (unpaired) electrons. The molecule has 1 amide bonds. The number of aromatic nitrogens is 3. The zero-order valence-electron chi connectivity index (χ0n) is 13.5. The number of aryl methyl sites for hydroxylation is 1. The molecule has 0 aliphatic heterocycles. The summed E-state index contributed by atoms with van der Waals surface area (Å²) < 4.78 is 5.16. The van der Waals surface area contributed by atoms with Crippen LogP contribution in [0, 0.1) is 5.92 Å². The van der Waals surface area contributed by atoms with Crippen LogP contribution in [0.2, 0.25) is 0 Å². The van der Waals surface area contributed by atoms with E-state index in [2.05, 4.69) is 20.4 Å². The Morgan fingerprint density at radius 2 is 2.25 bits per heavy atom. The van der Waals surface area contributed by atoms with Gasteiger partial charge in [-0.2, -0.15) is 4.98 Å². The molecule has 1 aliphatic carbocycles. The molecule has 1 fully saturated rings. The number of pyridine rings is 1. The first-order valence-electron chi connectivity index (χ1n) is 8.40. The first-order chi connectivity index (χ1) is 11.7. The van der Waals surface area contributed by atoms with Crippen LogP contribution < -0.4 is 5.32 Å². The Balaban J connectivity index is 1.42. The number of nitrogens with zero attached hydrogens (tertiary/aromatic N) is 3. The third kappa shape index (κ3) is 4.38. The Hall–Kier alpha value is -2.28. The summed E-state index contributed by atoms with van der Waals surface area (Å²) in [5.41, 5.74) is 0.775.